The molecule has 1 aliphatic heterocycles. The molecule has 18 heavy (non-hydrogen) atoms. The quantitative estimate of drug-likeness (QED) is 0.853. The van der Waals surface area contributed by atoms with Crippen LogP contribution in [0.1, 0.15) is 30.1 Å². The molecule has 1 aromatic carbocycles. The number of carbonyl (C=O) groups is 1. The van der Waals surface area contributed by atoms with Gasteiger partial charge in [-0.15, -0.1) is 0 Å². The molecule has 1 aromatic rings. The maximum Gasteiger partial charge on any atom is 0.251 e. The lowest BCUT2D eigenvalue weighted by molar-refractivity contribution is 0.0927. The first-order valence-corrected chi connectivity index (χ1v) is 6.37. The Bertz CT molecular complexity index is 412. The van der Waals surface area contributed by atoms with Crippen molar-refractivity contribution < 1.29 is 9.53 Å². The topological polar surface area (TPSA) is 50.4 Å². The summed E-state index contributed by atoms with van der Waals surface area (Å²) in [7, 11) is 1.60. The summed E-state index contributed by atoms with van der Waals surface area (Å²) in [5, 5.41) is 6.42. The van der Waals surface area contributed by atoms with E-state index >= 15 is 0 Å². The average Bonchev–Trinajstić information content (AvgIpc) is 2.41. The maximum absolute atomic E-state index is 12.1. The van der Waals surface area contributed by atoms with Crippen LogP contribution in [0.5, 0.6) is 5.75 Å². The van der Waals surface area contributed by atoms with E-state index in [2.05, 4.69) is 17.6 Å². The minimum absolute atomic E-state index is 0.0322. The van der Waals surface area contributed by atoms with E-state index in [1.165, 1.54) is 0 Å². The maximum atomic E-state index is 12.1. The molecule has 1 saturated heterocycles. The van der Waals surface area contributed by atoms with Crippen LogP contribution in [0, 0.1) is 0 Å². The number of piperidine rings is 1. The molecule has 1 heterocycles. The molecule has 0 aliphatic carbocycles. The molecular formula is C14H20N2O2. The lowest BCUT2D eigenvalue weighted by Crippen LogP contribution is -2.48. The standard InChI is InChI=1S/C14H20N2O2/c1-10-6-7-12(9-15-10)16-14(17)11-4-3-5-13(8-11)18-2/h3-5,8,10,12,15H,6-7,9H2,1-2H3,(H,16,17). The highest BCUT2D eigenvalue weighted by Gasteiger charge is 2.19. The van der Waals surface area contributed by atoms with E-state index in [9.17, 15) is 4.79 Å². The summed E-state index contributed by atoms with van der Waals surface area (Å²) >= 11 is 0. The summed E-state index contributed by atoms with van der Waals surface area (Å²) in [4.78, 5) is 12.1. The van der Waals surface area contributed by atoms with Gasteiger partial charge in [0.05, 0.1) is 7.11 Å². The largest absolute Gasteiger partial charge is 0.497 e. The molecule has 4 nitrogen and oxygen atoms in total. The molecule has 2 N–H and O–H groups in total. The van der Waals surface area contributed by atoms with Crippen LogP contribution in [0.3, 0.4) is 0 Å². The Morgan fingerprint density at radius 1 is 1.44 bits per heavy atom. The van der Waals surface area contributed by atoms with Gasteiger partial charge >= 0.3 is 0 Å². The molecule has 2 unspecified atom stereocenters. The van der Waals surface area contributed by atoms with Gasteiger partial charge in [-0.05, 0) is 38.0 Å². The van der Waals surface area contributed by atoms with E-state index in [-0.39, 0.29) is 11.9 Å². The van der Waals surface area contributed by atoms with Crippen molar-refractivity contribution in [3.63, 3.8) is 0 Å². The Labute approximate surface area is 108 Å². The molecular weight excluding hydrogens is 228 g/mol. The zero-order chi connectivity index (χ0) is 13.0. The Morgan fingerprint density at radius 2 is 2.28 bits per heavy atom. The van der Waals surface area contributed by atoms with Crippen LogP contribution >= 0.6 is 0 Å². The minimum atomic E-state index is -0.0322. The van der Waals surface area contributed by atoms with Gasteiger partial charge in [-0.1, -0.05) is 6.07 Å². The summed E-state index contributed by atoms with van der Waals surface area (Å²) in [6, 6.07) is 8.00. The molecule has 2 rings (SSSR count). The summed E-state index contributed by atoms with van der Waals surface area (Å²) in [6.45, 7) is 3.01. The number of hydrogen-bond acceptors (Lipinski definition) is 3. The SMILES string of the molecule is COc1cccc(C(=O)NC2CCC(C)NC2)c1. The lowest BCUT2D eigenvalue weighted by atomic mass is 10.0. The fourth-order valence-electron chi connectivity index (χ4n) is 2.15. The molecule has 1 fully saturated rings. The molecule has 98 valence electrons. The minimum Gasteiger partial charge on any atom is -0.497 e. The van der Waals surface area contributed by atoms with Crippen molar-refractivity contribution in [2.45, 2.75) is 31.8 Å². The van der Waals surface area contributed by atoms with Crippen molar-refractivity contribution in [1.29, 1.82) is 0 Å². The second-order valence-corrected chi connectivity index (χ2v) is 4.79. The predicted molar refractivity (Wildman–Crippen MR) is 70.9 cm³/mol. The van der Waals surface area contributed by atoms with Gasteiger partial charge in [0.15, 0.2) is 0 Å². The average molecular weight is 248 g/mol. The Morgan fingerprint density at radius 3 is 2.94 bits per heavy atom. The number of ether oxygens (including phenoxy) is 1. The number of rotatable bonds is 3. The Hall–Kier alpha value is -1.55. The van der Waals surface area contributed by atoms with Crippen molar-refractivity contribution in [2.24, 2.45) is 0 Å². The van der Waals surface area contributed by atoms with E-state index in [0.29, 0.717) is 17.4 Å². The highest BCUT2D eigenvalue weighted by atomic mass is 16.5. The van der Waals surface area contributed by atoms with Crippen LogP contribution in [-0.4, -0.2) is 31.6 Å². The van der Waals surface area contributed by atoms with Crippen molar-refractivity contribution in [3.8, 4) is 5.75 Å². The van der Waals surface area contributed by atoms with Gasteiger partial charge in [0.1, 0.15) is 5.75 Å². The molecule has 1 amide bonds. The summed E-state index contributed by atoms with van der Waals surface area (Å²) < 4.78 is 5.12. The predicted octanol–water partition coefficient (Wildman–Crippen LogP) is 1.57. The molecule has 0 saturated carbocycles. The van der Waals surface area contributed by atoms with Crippen molar-refractivity contribution in [2.75, 3.05) is 13.7 Å². The van der Waals surface area contributed by atoms with Gasteiger partial charge in [0.2, 0.25) is 0 Å². The zero-order valence-electron chi connectivity index (χ0n) is 10.9. The van der Waals surface area contributed by atoms with Gasteiger partial charge in [-0.2, -0.15) is 0 Å². The third-order valence-electron chi connectivity index (χ3n) is 3.33. The first-order valence-electron chi connectivity index (χ1n) is 6.37. The second kappa shape index (κ2) is 5.87. The molecule has 0 radical (unpaired) electrons. The Kier molecular flexibility index (Phi) is 4.20. The summed E-state index contributed by atoms with van der Waals surface area (Å²) in [6.07, 6.45) is 2.13. The molecule has 0 aromatic heterocycles. The van der Waals surface area contributed by atoms with E-state index in [1.54, 1.807) is 19.2 Å². The molecule has 0 bridgehead atoms. The fraction of sp³-hybridized carbons (Fsp3) is 0.500. The van der Waals surface area contributed by atoms with Crippen LogP contribution in [0.4, 0.5) is 0 Å². The first-order chi connectivity index (χ1) is 8.69. The van der Waals surface area contributed by atoms with E-state index in [0.717, 1.165) is 19.4 Å². The monoisotopic (exact) mass is 248 g/mol. The number of methoxy groups -OCH3 is 1. The van der Waals surface area contributed by atoms with Gasteiger partial charge in [0, 0.05) is 24.2 Å². The van der Waals surface area contributed by atoms with Crippen molar-refractivity contribution >= 4 is 5.91 Å². The zero-order valence-corrected chi connectivity index (χ0v) is 10.9. The Balaban J connectivity index is 1.94. The third kappa shape index (κ3) is 3.23. The lowest BCUT2D eigenvalue weighted by Gasteiger charge is -2.28. The number of carbonyl (C=O) groups excluding carboxylic acids is 1. The van der Waals surface area contributed by atoms with Crippen molar-refractivity contribution in [1.82, 2.24) is 10.6 Å². The van der Waals surface area contributed by atoms with Gasteiger partial charge < -0.3 is 15.4 Å². The number of hydrogen-bond donors (Lipinski definition) is 2. The fourth-order valence-corrected chi connectivity index (χ4v) is 2.15. The summed E-state index contributed by atoms with van der Waals surface area (Å²) in [5.41, 5.74) is 0.646. The van der Waals surface area contributed by atoms with Crippen LogP contribution in [0.25, 0.3) is 0 Å². The van der Waals surface area contributed by atoms with Gasteiger partial charge in [-0.3, -0.25) is 4.79 Å². The van der Waals surface area contributed by atoms with Gasteiger partial charge in [0.25, 0.3) is 5.91 Å². The van der Waals surface area contributed by atoms with Crippen LogP contribution in [0.15, 0.2) is 24.3 Å². The van der Waals surface area contributed by atoms with Crippen LogP contribution < -0.4 is 15.4 Å². The number of nitrogens with one attached hydrogen (secondary N) is 2. The van der Waals surface area contributed by atoms with Crippen LogP contribution in [-0.2, 0) is 0 Å². The summed E-state index contributed by atoms with van der Waals surface area (Å²) in [5.74, 6) is 0.674. The van der Waals surface area contributed by atoms with Gasteiger partial charge in [-0.25, -0.2) is 0 Å². The molecule has 1 aliphatic rings. The molecule has 2 atom stereocenters. The highest BCUT2D eigenvalue weighted by molar-refractivity contribution is 5.94. The third-order valence-corrected chi connectivity index (χ3v) is 3.33. The molecule has 0 spiro atoms. The first kappa shape index (κ1) is 12.9. The van der Waals surface area contributed by atoms with Crippen LogP contribution in [0.2, 0.25) is 0 Å². The number of amides is 1. The molecule has 4 heteroatoms. The highest BCUT2D eigenvalue weighted by Crippen LogP contribution is 2.13. The second-order valence-electron chi connectivity index (χ2n) is 4.79. The smallest absolute Gasteiger partial charge is 0.251 e. The number of benzene rings is 1. The van der Waals surface area contributed by atoms with E-state index in [4.69, 9.17) is 4.74 Å². The van der Waals surface area contributed by atoms with E-state index in [1.807, 2.05) is 12.1 Å². The normalized spacial score (nSPS) is 23.4. The van der Waals surface area contributed by atoms with Crippen molar-refractivity contribution in [3.05, 3.63) is 29.8 Å². The van der Waals surface area contributed by atoms with E-state index < -0.39 is 0 Å².